The number of benzene rings is 1. The van der Waals surface area contributed by atoms with Gasteiger partial charge in [0.1, 0.15) is 5.03 Å². The number of carbonyl (C=O) groups excluding carboxylic acids is 1. The lowest BCUT2D eigenvalue weighted by molar-refractivity contribution is -0.115. The summed E-state index contributed by atoms with van der Waals surface area (Å²) in [6, 6.07) is 8.79. The van der Waals surface area contributed by atoms with E-state index < -0.39 is 0 Å². The first-order valence-electron chi connectivity index (χ1n) is 6.61. The number of hydrogen-bond acceptors (Lipinski definition) is 5. The van der Waals surface area contributed by atoms with Gasteiger partial charge in [0.25, 0.3) is 0 Å². The summed E-state index contributed by atoms with van der Waals surface area (Å²) in [5.41, 5.74) is 0.661. The Kier molecular flexibility index (Phi) is 4.40. The molecule has 1 amide bonds. The molecule has 1 aliphatic rings. The van der Waals surface area contributed by atoms with Crippen LogP contribution in [-0.2, 0) is 4.79 Å². The fourth-order valence-corrected chi connectivity index (χ4v) is 2.96. The molecule has 0 radical (unpaired) electrons. The van der Waals surface area contributed by atoms with Gasteiger partial charge in [-0.15, -0.1) is 0 Å². The van der Waals surface area contributed by atoms with Crippen LogP contribution in [-0.4, -0.2) is 22.9 Å². The molecule has 0 aliphatic carbocycles. The molecule has 0 fully saturated rings. The number of carbonyl (C=O) groups is 1. The van der Waals surface area contributed by atoms with Crippen LogP contribution in [0.5, 0.6) is 11.5 Å². The van der Waals surface area contributed by atoms with Gasteiger partial charge in [-0.25, -0.2) is 4.98 Å². The van der Waals surface area contributed by atoms with Gasteiger partial charge < -0.3 is 14.8 Å². The minimum Gasteiger partial charge on any atom is -0.454 e. The Bertz CT molecular complexity index is 711. The van der Waals surface area contributed by atoms with Crippen molar-refractivity contribution >= 4 is 35.0 Å². The van der Waals surface area contributed by atoms with Crippen LogP contribution in [0, 0.1) is 0 Å². The molecule has 0 spiro atoms. The van der Waals surface area contributed by atoms with Crippen LogP contribution in [0.2, 0.25) is 5.02 Å². The molecule has 0 saturated carbocycles. The highest BCUT2D eigenvalue weighted by Crippen LogP contribution is 2.34. The van der Waals surface area contributed by atoms with Crippen LogP contribution in [0.25, 0.3) is 0 Å². The average molecular weight is 337 g/mol. The van der Waals surface area contributed by atoms with Crippen molar-refractivity contribution in [2.45, 2.75) is 17.2 Å². The Morgan fingerprint density at radius 2 is 2.18 bits per heavy atom. The predicted molar refractivity (Wildman–Crippen MR) is 85.8 cm³/mol. The molecule has 2 heterocycles. The maximum absolute atomic E-state index is 12.3. The van der Waals surface area contributed by atoms with E-state index in [9.17, 15) is 4.79 Å². The summed E-state index contributed by atoms with van der Waals surface area (Å²) < 4.78 is 10.5. The van der Waals surface area contributed by atoms with Crippen molar-refractivity contribution in [1.29, 1.82) is 0 Å². The number of rotatable bonds is 4. The summed E-state index contributed by atoms with van der Waals surface area (Å²) in [5, 5.41) is 3.68. The summed E-state index contributed by atoms with van der Waals surface area (Å²) in [6.45, 7) is 2.01. The van der Waals surface area contributed by atoms with E-state index in [1.54, 1.807) is 43.5 Å². The summed E-state index contributed by atoms with van der Waals surface area (Å²) in [6.07, 6.45) is 1.65. The lowest BCUT2D eigenvalue weighted by Crippen LogP contribution is -2.22. The highest BCUT2D eigenvalue weighted by molar-refractivity contribution is 8.00. The number of anilines is 1. The van der Waals surface area contributed by atoms with E-state index >= 15 is 0 Å². The number of nitrogens with zero attached hydrogens (tertiary/aromatic N) is 1. The molecule has 1 aromatic heterocycles. The van der Waals surface area contributed by atoms with Gasteiger partial charge in [-0.1, -0.05) is 23.4 Å². The Labute approximate surface area is 137 Å². The first kappa shape index (κ1) is 15.0. The van der Waals surface area contributed by atoms with Crippen molar-refractivity contribution in [3.8, 4) is 11.5 Å². The van der Waals surface area contributed by atoms with Gasteiger partial charge in [-0.05, 0) is 31.2 Å². The van der Waals surface area contributed by atoms with E-state index in [4.69, 9.17) is 21.1 Å². The lowest BCUT2D eigenvalue weighted by Gasteiger charge is -2.12. The molecule has 0 saturated heterocycles. The molecule has 1 atom stereocenters. The fourth-order valence-electron chi connectivity index (χ4n) is 1.90. The molecular formula is C15H13ClN2O3S. The molecule has 1 N–H and O–H groups in total. The van der Waals surface area contributed by atoms with E-state index in [2.05, 4.69) is 10.3 Å². The van der Waals surface area contributed by atoms with Gasteiger partial charge in [0.2, 0.25) is 12.7 Å². The number of ether oxygens (including phenoxy) is 2. The summed E-state index contributed by atoms with van der Waals surface area (Å²) in [7, 11) is 0. The van der Waals surface area contributed by atoms with Gasteiger partial charge in [-0.2, -0.15) is 0 Å². The standard InChI is InChI=1S/C15H13ClN2O3S/c1-9(22-15-11(16)3-2-6-17-15)14(19)18-10-4-5-12-13(7-10)21-8-20-12/h2-7,9H,8H2,1H3,(H,18,19)/t9-/m0/s1. The molecule has 114 valence electrons. The number of aromatic nitrogens is 1. The molecule has 1 aliphatic heterocycles. The van der Waals surface area contributed by atoms with Crippen LogP contribution in [0.1, 0.15) is 6.92 Å². The van der Waals surface area contributed by atoms with Crippen molar-refractivity contribution in [2.24, 2.45) is 0 Å². The maximum atomic E-state index is 12.3. The van der Waals surface area contributed by atoms with Gasteiger partial charge in [-0.3, -0.25) is 4.79 Å². The Morgan fingerprint density at radius 1 is 1.36 bits per heavy atom. The first-order valence-corrected chi connectivity index (χ1v) is 7.87. The number of pyridine rings is 1. The second-order valence-electron chi connectivity index (χ2n) is 4.61. The monoisotopic (exact) mass is 336 g/mol. The molecule has 7 heteroatoms. The van der Waals surface area contributed by atoms with Crippen LogP contribution >= 0.6 is 23.4 Å². The Hall–Kier alpha value is -1.92. The van der Waals surface area contributed by atoms with E-state index in [-0.39, 0.29) is 18.0 Å². The highest BCUT2D eigenvalue weighted by Gasteiger charge is 2.19. The summed E-state index contributed by atoms with van der Waals surface area (Å²) >= 11 is 7.36. The molecule has 2 aromatic rings. The third-order valence-corrected chi connectivity index (χ3v) is 4.56. The zero-order chi connectivity index (χ0) is 15.5. The number of nitrogens with one attached hydrogen (secondary N) is 1. The zero-order valence-corrected chi connectivity index (χ0v) is 13.3. The smallest absolute Gasteiger partial charge is 0.237 e. The van der Waals surface area contributed by atoms with Crippen molar-refractivity contribution in [1.82, 2.24) is 4.98 Å². The largest absolute Gasteiger partial charge is 0.454 e. The zero-order valence-electron chi connectivity index (χ0n) is 11.7. The van der Waals surface area contributed by atoms with Gasteiger partial charge in [0.05, 0.1) is 10.3 Å². The molecule has 22 heavy (non-hydrogen) atoms. The number of halogens is 1. The second-order valence-corrected chi connectivity index (χ2v) is 6.34. The topological polar surface area (TPSA) is 60.5 Å². The van der Waals surface area contributed by atoms with Crippen LogP contribution in [0.4, 0.5) is 5.69 Å². The Morgan fingerprint density at radius 3 is 3.00 bits per heavy atom. The average Bonchev–Trinajstić information content (AvgIpc) is 2.97. The summed E-state index contributed by atoms with van der Waals surface area (Å²) in [5.74, 6) is 1.18. The molecule has 1 aromatic carbocycles. The molecule has 5 nitrogen and oxygen atoms in total. The lowest BCUT2D eigenvalue weighted by atomic mass is 10.2. The molecule has 0 unspecified atom stereocenters. The Balaban J connectivity index is 1.65. The van der Waals surface area contributed by atoms with Gasteiger partial charge in [0, 0.05) is 18.0 Å². The normalized spacial score (nSPS) is 13.7. The van der Waals surface area contributed by atoms with Crippen LogP contribution in [0.15, 0.2) is 41.6 Å². The van der Waals surface area contributed by atoms with E-state index in [0.717, 1.165) is 0 Å². The van der Waals surface area contributed by atoms with Crippen molar-refractivity contribution in [3.63, 3.8) is 0 Å². The third-order valence-electron chi connectivity index (χ3n) is 3.02. The summed E-state index contributed by atoms with van der Waals surface area (Å²) in [4.78, 5) is 16.4. The van der Waals surface area contributed by atoms with Gasteiger partial charge in [0.15, 0.2) is 11.5 Å². The highest BCUT2D eigenvalue weighted by atomic mass is 35.5. The molecular weight excluding hydrogens is 324 g/mol. The number of thioether (sulfide) groups is 1. The minimum absolute atomic E-state index is 0.134. The maximum Gasteiger partial charge on any atom is 0.237 e. The van der Waals surface area contributed by atoms with Crippen molar-refractivity contribution < 1.29 is 14.3 Å². The first-order chi connectivity index (χ1) is 10.6. The minimum atomic E-state index is -0.335. The molecule has 3 rings (SSSR count). The van der Waals surface area contributed by atoms with Crippen molar-refractivity contribution in [3.05, 3.63) is 41.6 Å². The van der Waals surface area contributed by atoms with Crippen LogP contribution < -0.4 is 14.8 Å². The van der Waals surface area contributed by atoms with E-state index in [0.29, 0.717) is 27.2 Å². The van der Waals surface area contributed by atoms with E-state index in [1.807, 2.05) is 0 Å². The van der Waals surface area contributed by atoms with Gasteiger partial charge >= 0.3 is 0 Å². The van der Waals surface area contributed by atoms with Crippen molar-refractivity contribution in [2.75, 3.05) is 12.1 Å². The number of amides is 1. The quantitative estimate of drug-likeness (QED) is 0.865. The number of fused-ring (bicyclic) bond motifs is 1. The molecule has 0 bridgehead atoms. The SMILES string of the molecule is C[C@H](Sc1ncccc1Cl)C(=O)Nc1ccc2c(c1)OCO2. The van der Waals surface area contributed by atoms with E-state index in [1.165, 1.54) is 11.8 Å². The second kappa shape index (κ2) is 6.46. The predicted octanol–water partition coefficient (Wildman–Crippen LogP) is 3.58. The van der Waals surface area contributed by atoms with Crippen LogP contribution in [0.3, 0.4) is 0 Å². The fraction of sp³-hybridized carbons (Fsp3) is 0.200. The number of hydrogen-bond donors (Lipinski definition) is 1. The third kappa shape index (κ3) is 3.28.